The van der Waals surface area contributed by atoms with E-state index >= 15 is 0 Å². The summed E-state index contributed by atoms with van der Waals surface area (Å²) in [5.74, 6) is 0. The molecule has 3 heterocycles. The lowest BCUT2D eigenvalue weighted by molar-refractivity contribution is 0.0212. The molecule has 4 rings (SSSR count). The maximum Gasteiger partial charge on any atom is 0.372 e. The fraction of sp³-hybridized carbons (Fsp3) is 0.684. The number of benzene rings is 1. The number of nitrogens with zero attached hydrogens (tertiary/aromatic N) is 1. The Morgan fingerprint density at radius 1 is 0.957 bits per heavy atom. The molecule has 3 aliphatic heterocycles. The third-order valence-electron chi connectivity index (χ3n) is 5.83. The molecular weight excluding hydrogens is 302 g/mol. The average Bonchev–Trinajstić information content (AvgIpc) is 2.62. The Balaban J connectivity index is 1.77. The highest BCUT2D eigenvalue weighted by Crippen LogP contribution is 2.45. The molecule has 0 aliphatic carbocycles. The predicted octanol–water partition coefficient (Wildman–Crippen LogP) is 3.28. The Bertz CT molecular complexity index is 466. The molecule has 23 heavy (non-hydrogen) atoms. The SMILES string of the molecule is CCO[Si](CCC12CCN(CC1)CC2)(OCC)c1ccccc1. The second kappa shape index (κ2) is 7.47. The summed E-state index contributed by atoms with van der Waals surface area (Å²) in [5.41, 5.74) is 0.552. The van der Waals surface area contributed by atoms with Gasteiger partial charge in [-0.3, -0.25) is 0 Å². The maximum absolute atomic E-state index is 6.36. The van der Waals surface area contributed by atoms with Gasteiger partial charge in [0.25, 0.3) is 0 Å². The molecule has 1 aromatic rings. The van der Waals surface area contributed by atoms with Crippen LogP contribution in [-0.2, 0) is 8.85 Å². The smallest absolute Gasteiger partial charge is 0.372 e. The Morgan fingerprint density at radius 3 is 2.04 bits per heavy atom. The van der Waals surface area contributed by atoms with Crippen molar-refractivity contribution >= 4 is 13.7 Å². The van der Waals surface area contributed by atoms with Gasteiger partial charge in [-0.25, -0.2) is 0 Å². The minimum atomic E-state index is -2.32. The van der Waals surface area contributed by atoms with Gasteiger partial charge in [-0.05, 0) is 75.8 Å². The van der Waals surface area contributed by atoms with Crippen molar-refractivity contribution in [3.05, 3.63) is 30.3 Å². The largest absolute Gasteiger partial charge is 0.391 e. The number of hydrogen-bond donors (Lipinski definition) is 0. The van der Waals surface area contributed by atoms with Crippen molar-refractivity contribution in [3.8, 4) is 0 Å². The highest BCUT2D eigenvalue weighted by atomic mass is 28.4. The van der Waals surface area contributed by atoms with Gasteiger partial charge in [0.05, 0.1) is 0 Å². The molecule has 0 N–H and O–H groups in total. The molecule has 0 saturated carbocycles. The highest BCUT2D eigenvalue weighted by Gasteiger charge is 2.45. The molecule has 3 saturated heterocycles. The van der Waals surface area contributed by atoms with Crippen LogP contribution in [0.3, 0.4) is 0 Å². The van der Waals surface area contributed by atoms with E-state index in [0.29, 0.717) is 5.41 Å². The first-order valence-electron chi connectivity index (χ1n) is 9.28. The van der Waals surface area contributed by atoms with Gasteiger partial charge in [0, 0.05) is 13.2 Å². The molecule has 3 fully saturated rings. The van der Waals surface area contributed by atoms with Crippen molar-refractivity contribution in [2.75, 3.05) is 32.8 Å². The van der Waals surface area contributed by atoms with E-state index in [4.69, 9.17) is 8.85 Å². The third kappa shape index (κ3) is 3.71. The van der Waals surface area contributed by atoms with E-state index in [1.165, 1.54) is 50.5 Å². The summed E-state index contributed by atoms with van der Waals surface area (Å²) in [6.45, 7) is 9.56. The molecule has 2 bridgehead atoms. The Hall–Kier alpha value is -0.683. The van der Waals surface area contributed by atoms with Gasteiger partial charge in [0.2, 0.25) is 0 Å². The molecule has 3 aliphatic rings. The molecule has 0 atom stereocenters. The normalized spacial score (nSPS) is 27.3. The second-order valence-electron chi connectivity index (χ2n) is 7.08. The Morgan fingerprint density at radius 2 is 1.52 bits per heavy atom. The van der Waals surface area contributed by atoms with E-state index in [1.54, 1.807) is 0 Å². The topological polar surface area (TPSA) is 21.7 Å². The van der Waals surface area contributed by atoms with E-state index < -0.39 is 8.56 Å². The Labute approximate surface area is 142 Å². The fourth-order valence-corrected chi connectivity index (χ4v) is 7.84. The fourth-order valence-electron chi connectivity index (χ4n) is 4.36. The van der Waals surface area contributed by atoms with Crippen molar-refractivity contribution in [1.29, 1.82) is 0 Å². The van der Waals surface area contributed by atoms with Crippen LogP contribution in [0, 0.1) is 5.41 Å². The third-order valence-corrected chi connectivity index (χ3v) is 9.46. The molecule has 3 nitrogen and oxygen atoms in total. The zero-order valence-electron chi connectivity index (χ0n) is 14.7. The van der Waals surface area contributed by atoms with Crippen LogP contribution in [0.1, 0.15) is 39.5 Å². The van der Waals surface area contributed by atoms with Crippen LogP contribution >= 0.6 is 0 Å². The van der Waals surface area contributed by atoms with E-state index in [9.17, 15) is 0 Å². The van der Waals surface area contributed by atoms with E-state index in [-0.39, 0.29) is 0 Å². The molecule has 0 radical (unpaired) electrons. The van der Waals surface area contributed by atoms with Gasteiger partial charge in [0.1, 0.15) is 0 Å². The highest BCUT2D eigenvalue weighted by molar-refractivity contribution is 6.81. The lowest BCUT2D eigenvalue weighted by atomic mass is 9.70. The summed E-state index contributed by atoms with van der Waals surface area (Å²) in [7, 11) is -2.32. The zero-order chi connectivity index (χ0) is 16.2. The van der Waals surface area contributed by atoms with Crippen molar-refractivity contribution in [2.24, 2.45) is 5.41 Å². The van der Waals surface area contributed by atoms with Crippen LogP contribution in [-0.4, -0.2) is 46.3 Å². The first kappa shape index (κ1) is 17.2. The summed E-state index contributed by atoms with van der Waals surface area (Å²) in [6, 6.07) is 11.8. The van der Waals surface area contributed by atoms with Crippen molar-refractivity contribution < 1.29 is 8.85 Å². The van der Waals surface area contributed by atoms with E-state index in [0.717, 1.165) is 19.3 Å². The first-order chi connectivity index (χ1) is 11.2. The summed E-state index contributed by atoms with van der Waals surface area (Å²) in [4.78, 5) is 2.62. The van der Waals surface area contributed by atoms with Gasteiger partial charge in [-0.15, -0.1) is 0 Å². The lowest BCUT2D eigenvalue weighted by Gasteiger charge is -2.49. The molecule has 128 valence electrons. The Kier molecular flexibility index (Phi) is 5.57. The van der Waals surface area contributed by atoms with Crippen LogP contribution < -0.4 is 5.19 Å². The quantitative estimate of drug-likeness (QED) is 0.682. The second-order valence-corrected chi connectivity index (χ2v) is 10.2. The number of fused-ring (bicyclic) bond motifs is 3. The number of rotatable bonds is 8. The lowest BCUT2D eigenvalue weighted by Crippen LogP contribution is -2.55. The van der Waals surface area contributed by atoms with Crippen LogP contribution in [0.4, 0.5) is 0 Å². The standard InChI is InChI=1S/C19H31NO2Si/c1-3-21-23(22-4-2,18-8-6-5-7-9-18)17-13-19-10-14-20(15-11-19)16-12-19/h5-9H,3-4,10-17H2,1-2H3. The van der Waals surface area contributed by atoms with Crippen LogP contribution in [0.2, 0.25) is 6.04 Å². The molecule has 1 aromatic carbocycles. The predicted molar refractivity (Wildman–Crippen MR) is 97.2 cm³/mol. The number of hydrogen-bond acceptors (Lipinski definition) is 3. The summed E-state index contributed by atoms with van der Waals surface area (Å²) in [5, 5.41) is 1.30. The minimum absolute atomic E-state index is 0.552. The van der Waals surface area contributed by atoms with Gasteiger partial charge < -0.3 is 13.8 Å². The molecule has 0 amide bonds. The van der Waals surface area contributed by atoms with Crippen LogP contribution in [0.25, 0.3) is 0 Å². The monoisotopic (exact) mass is 333 g/mol. The number of piperidine rings is 3. The van der Waals surface area contributed by atoms with E-state index in [2.05, 4.69) is 49.1 Å². The van der Waals surface area contributed by atoms with Gasteiger partial charge in [-0.1, -0.05) is 30.3 Å². The average molecular weight is 334 g/mol. The maximum atomic E-state index is 6.36. The molecule has 0 unspecified atom stereocenters. The zero-order valence-corrected chi connectivity index (χ0v) is 15.7. The van der Waals surface area contributed by atoms with Crippen LogP contribution in [0.15, 0.2) is 30.3 Å². The summed E-state index contributed by atoms with van der Waals surface area (Å²) >= 11 is 0. The van der Waals surface area contributed by atoms with Crippen molar-refractivity contribution in [2.45, 2.75) is 45.6 Å². The van der Waals surface area contributed by atoms with Gasteiger partial charge in [-0.2, -0.15) is 0 Å². The molecular formula is C19H31NO2Si. The molecule has 4 heteroatoms. The summed E-state index contributed by atoms with van der Waals surface area (Å²) < 4.78 is 12.7. The molecule has 0 spiro atoms. The van der Waals surface area contributed by atoms with Crippen LogP contribution in [0.5, 0.6) is 0 Å². The molecule has 0 aromatic heterocycles. The van der Waals surface area contributed by atoms with E-state index in [1.807, 2.05) is 0 Å². The first-order valence-corrected chi connectivity index (χ1v) is 11.3. The van der Waals surface area contributed by atoms with Crippen molar-refractivity contribution in [1.82, 2.24) is 4.90 Å². The van der Waals surface area contributed by atoms with Crippen molar-refractivity contribution in [3.63, 3.8) is 0 Å². The minimum Gasteiger partial charge on any atom is -0.391 e. The van der Waals surface area contributed by atoms with Gasteiger partial charge in [0.15, 0.2) is 0 Å². The van der Waals surface area contributed by atoms with Gasteiger partial charge >= 0.3 is 8.56 Å². The summed E-state index contributed by atoms with van der Waals surface area (Å²) in [6.07, 6.45) is 5.36.